The van der Waals surface area contributed by atoms with Crippen LogP contribution in [-0.4, -0.2) is 20.7 Å². The van der Waals surface area contributed by atoms with Crippen LogP contribution in [0, 0.1) is 5.92 Å². The first-order valence-corrected chi connectivity index (χ1v) is 7.23. The SMILES string of the molecule is CCCCC[C@H](C)C(=O)n1ccc(-c2ccccn2)n1. The standard InChI is InChI=1S/C16H21N3O/c1-3-4-5-8-13(2)16(20)19-12-10-15(18-19)14-9-6-7-11-17-14/h6-7,9-13H,3-5,8H2,1-2H3/t13-/m0/s1. The number of unbranched alkanes of at least 4 members (excludes halogenated alkanes) is 2. The van der Waals surface area contributed by atoms with E-state index in [1.54, 1.807) is 12.4 Å². The minimum absolute atomic E-state index is 0.0121. The number of pyridine rings is 1. The van der Waals surface area contributed by atoms with Gasteiger partial charge in [0.15, 0.2) is 0 Å². The van der Waals surface area contributed by atoms with Crippen molar-refractivity contribution < 1.29 is 4.79 Å². The number of hydrogen-bond acceptors (Lipinski definition) is 3. The Morgan fingerprint density at radius 1 is 1.25 bits per heavy atom. The Kier molecular flexibility index (Phi) is 5.04. The highest BCUT2D eigenvalue weighted by Crippen LogP contribution is 2.15. The largest absolute Gasteiger partial charge is 0.272 e. The first kappa shape index (κ1) is 14.4. The van der Waals surface area contributed by atoms with Crippen LogP contribution < -0.4 is 0 Å². The van der Waals surface area contributed by atoms with Crippen LogP contribution in [0.4, 0.5) is 0 Å². The second kappa shape index (κ2) is 6.98. The van der Waals surface area contributed by atoms with Gasteiger partial charge in [-0.2, -0.15) is 5.10 Å². The van der Waals surface area contributed by atoms with Crippen LogP contribution in [-0.2, 0) is 0 Å². The van der Waals surface area contributed by atoms with E-state index in [2.05, 4.69) is 17.0 Å². The van der Waals surface area contributed by atoms with Gasteiger partial charge in [0.1, 0.15) is 5.69 Å². The summed E-state index contributed by atoms with van der Waals surface area (Å²) in [5, 5.41) is 4.33. The molecule has 0 spiro atoms. The number of nitrogens with zero attached hydrogens (tertiary/aromatic N) is 3. The maximum Gasteiger partial charge on any atom is 0.249 e. The minimum atomic E-state index is 0.0121. The van der Waals surface area contributed by atoms with E-state index in [4.69, 9.17) is 0 Å². The zero-order valence-corrected chi connectivity index (χ0v) is 12.1. The molecule has 2 aromatic rings. The lowest BCUT2D eigenvalue weighted by Crippen LogP contribution is -2.20. The normalized spacial score (nSPS) is 12.3. The molecule has 1 atom stereocenters. The van der Waals surface area contributed by atoms with Crippen LogP contribution >= 0.6 is 0 Å². The van der Waals surface area contributed by atoms with Crippen LogP contribution in [0.1, 0.15) is 44.3 Å². The molecule has 0 radical (unpaired) electrons. The lowest BCUT2D eigenvalue weighted by molar-refractivity contribution is 0.0820. The fraction of sp³-hybridized carbons (Fsp3) is 0.438. The molecule has 0 unspecified atom stereocenters. The number of carbonyl (C=O) groups excluding carboxylic acids is 1. The Morgan fingerprint density at radius 2 is 2.10 bits per heavy atom. The average Bonchev–Trinajstić information content (AvgIpc) is 2.97. The highest BCUT2D eigenvalue weighted by molar-refractivity contribution is 5.80. The molecule has 4 nitrogen and oxygen atoms in total. The van der Waals surface area contributed by atoms with Gasteiger partial charge in [0.25, 0.3) is 0 Å². The molecule has 0 bridgehead atoms. The van der Waals surface area contributed by atoms with Crippen molar-refractivity contribution in [2.45, 2.75) is 39.5 Å². The highest BCUT2D eigenvalue weighted by Gasteiger charge is 2.16. The van der Waals surface area contributed by atoms with E-state index in [9.17, 15) is 4.79 Å². The Hall–Kier alpha value is -1.97. The predicted molar refractivity (Wildman–Crippen MR) is 79.4 cm³/mol. The number of aromatic nitrogens is 3. The fourth-order valence-electron chi connectivity index (χ4n) is 2.15. The summed E-state index contributed by atoms with van der Waals surface area (Å²) in [5.41, 5.74) is 1.53. The van der Waals surface area contributed by atoms with Crippen molar-refractivity contribution >= 4 is 5.91 Å². The van der Waals surface area contributed by atoms with Crippen molar-refractivity contribution in [1.29, 1.82) is 0 Å². The summed E-state index contributed by atoms with van der Waals surface area (Å²) in [5.74, 6) is 0.0707. The summed E-state index contributed by atoms with van der Waals surface area (Å²) < 4.78 is 1.45. The van der Waals surface area contributed by atoms with Crippen molar-refractivity contribution in [3.05, 3.63) is 36.7 Å². The summed E-state index contributed by atoms with van der Waals surface area (Å²) >= 11 is 0. The molecule has 0 aliphatic heterocycles. The van der Waals surface area contributed by atoms with E-state index in [1.165, 1.54) is 17.5 Å². The third-order valence-corrected chi connectivity index (χ3v) is 3.40. The van der Waals surface area contributed by atoms with Gasteiger partial charge in [-0.15, -0.1) is 0 Å². The molecular formula is C16H21N3O. The van der Waals surface area contributed by atoms with Crippen molar-refractivity contribution in [3.8, 4) is 11.4 Å². The number of rotatable bonds is 6. The Balaban J connectivity index is 2.03. The molecular weight excluding hydrogens is 250 g/mol. The van der Waals surface area contributed by atoms with Gasteiger partial charge < -0.3 is 0 Å². The van der Waals surface area contributed by atoms with Gasteiger partial charge in [-0.05, 0) is 24.6 Å². The second-order valence-corrected chi connectivity index (χ2v) is 5.10. The van der Waals surface area contributed by atoms with Crippen molar-refractivity contribution in [1.82, 2.24) is 14.8 Å². The summed E-state index contributed by atoms with van der Waals surface area (Å²) in [6.07, 6.45) is 7.82. The lowest BCUT2D eigenvalue weighted by Gasteiger charge is -2.09. The van der Waals surface area contributed by atoms with Crippen molar-refractivity contribution in [3.63, 3.8) is 0 Å². The molecule has 0 aliphatic carbocycles. The molecule has 0 fully saturated rings. The molecule has 20 heavy (non-hydrogen) atoms. The fourth-order valence-corrected chi connectivity index (χ4v) is 2.15. The first-order chi connectivity index (χ1) is 9.72. The molecule has 2 heterocycles. The molecule has 0 saturated carbocycles. The van der Waals surface area contributed by atoms with Gasteiger partial charge in [-0.3, -0.25) is 9.78 Å². The maximum absolute atomic E-state index is 12.3. The van der Waals surface area contributed by atoms with Crippen LogP contribution in [0.3, 0.4) is 0 Å². The van der Waals surface area contributed by atoms with Gasteiger partial charge in [0.05, 0.1) is 5.69 Å². The zero-order chi connectivity index (χ0) is 14.4. The molecule has 0 N–H and O–H groups in total. The Labute approximate surface area is 119 Å². The van der Waals surface area contributed by atoms with Gasteiger partial charge in [0, 0.05) is 18.3 Å². The number of carbonyl (C=O) groups is 1. The molecule has 2 rings (SSSR count). The topological polar surface area (TPSA) is 47.8 Å². The molecule has 0 aromatic carbocycles. The van der Waals surface area contributed by atoms with E-state index in [1.807, 2.05) is 31.2 Å². The second-order valence-electron chi connectivity index (χ2n) is 5.10. The molecule has 2 aromatic heterocycles. The molecule has 0 saturated heterocycles. The van der Waals surface area contributed by atoms with Gasteiger partial charge >= 0.3 is 0 Å². The van der Waals surface area contributed by atoms with Crippen LogP contribution in [0.5, 0.6) is 0 Å². The lowest BCUT2D eigenvalue weighted by atomic mass is 10.0. The summed E-state index contributed by atoms with van der Waals surface area (Å²) in [6, 6.07) is 7.50. The average molecular weight is 271 g/mol. The highest BCUT2D eigenvalue weighted by atomic mass is 16.2. The van der Waals surface area contributed by atoms with Crippen molar-refractivity contribution in [2.75, 3.05) is 0 Å². The predicted octanol–water partition coefficient (Wildman–Crippen LogP) is 3.80. The smallest absolute Gasteiger partial charge is 0.249 e. The molecule has 106 valence electrons. The summed E-state index contributed by atoms with van der Waals surface area (Å²) in [4.78, 5) is 16.5. The minimum Gasteiger partial charge on any atom is -0.272 e. The van der Waals surface area contributed by atoms with E-state index < -0.39 is 0 Å². The number of hydrogen-bond donors (Lipinski definition) is 0. The third-order valence-electron chi connectivity index (χ3n) is 3.40. The van der Waals surface area contributed by atoms with Crippen LogP contribution in [0.25, 0.3) is 11.4 Å². The Morgan fingerprint density at radius 3 is 2.80 bits per heavy atom. The summed E-state index contributed by atoms with van der Waals surface area (Å²) in [6.45, 7) is 4.14. The molecule has 0 amide bonds. The molecule has 0 aliphatic rings. The third kappa shape index (κ3) is 3.53. The zero-order valence-electron chi connectivity index (χ0n) is 12.1. The molecule has 4 heteroatoms. The maximum atomic E-state index is 12.3. The van der Waals surface area contributed by atoms with E-state index in [0.29, 0.717) is 0 Å². The van der Waals surface area contributed by atoms with Gasteiger partial charge in [0.2, 0.25) is 5.91 Å². The summed E-state index contributed by atoms with van der Waals surface area (Å²) in [7, 11) is 0. The van der Waals surface area contributed by atoms with Crippen LogP contribution in [0.2, 0.25) is 0 Å². The quantitative estimate of drug-likeness (QED) is 0.751. The van der Waals surface area contributed by atoms with Crippen molar-refractivity contribution in [2.24, 2.45) is 5.92 Å². The Bertz CT molecular complexity index is 548. The van der Waals surface area contributed by atoms with Crippen LogP contribution in [0.15, 0.2) is 36.7 Å². The van der Waals surface area contributed by atoms with E-state index in [0.717, 1.165) is 24.2 Å². The van der Waals surface area contributed by atoms with Gasteiger partial charge in [-0.25, -0.2) is 4.68 Å². The first-order valence-electron chi connectivity index (χ1n) is 7.23. The van der Waals surface area contributed by atoms with E-state index >= 15 is 0 Å². The van der Waals surface area contributed by atoms with E-state index in [-0.39, 0.29) is 11.8 Å². The monoisotopic (exact) mass is 271 g/mol. The van der Waals surface area contributed by atoms with Gasteiger partial charge in [-0.1, -0.05) is 39.2 Å².